The van der Waals surface area contributed by atoms with Crippen molar-refractivity contribution in [3.63, 3.8) is 0 Å². The number of anilines is 1. The number of carbonyl (C=O) groups excluding carboxylic acids is 1. The predicted octanol–water partition coefficient (Wildman–Crippen LogP) is 1.36. The van der Waals surface area contributed by atoms with Gasteiger partial charge in [0.15, 0.2) is 0 Å². The number of aromatic nitrogens is 1. The van der Waals surface area contributed by atoms with Crippen LogP contribution in [0.15, 0.2) is 48.8 Å². The third-order valence-electron chi connectivity index (χ3n) is 3.11. The van der Waals surface area contributed by atoms with Crippen LogP contribution in [0.2, 0.25) is 0 Å². The number of phenols is 1. The number of nitrogens with zero attached hydrogens (tertiary/aromatic N) is 1. The monoisotopic (exact) mass is 315 g/mol. The number of aliphatic carboxylic acids is 1. The van der Waals surface area contributed by atoms with Crippen LogP contribution in [-0.4, -0.2) is 33.1 Å². The van der Waals surface area contributed by atoms with Gasteiger partial charge in [0.25, 0.3) is 0 Å². The Kier molecular flexibility index (Phi) is 5.65. The zero-order valence-corrected chi connectivity index (χ0v) is 12.3. The summed E-state index contributed by atoms with van der Waals surface area (Å²) < 4.78 is 0. The summed E-state index contributed by atoms with van der Waals surface area (Å²) in [5.41, 5.74) is 1.32. The number of amides is 1. The number of rotatable bonds is 7. The first kappa shape index (κ1) is 16.4. The van der Waals surface area contributed by atoms with Crippen LogP contribution in [0.4, 0.5) is 5.69 Å². The summed E-state index contributed by atoms with van der Waals surface area (Å²) in [5.74, 6) is -1.44. The normalized spacial score (nSPS) is 11.7. The van der Waals surface area contributed by atoms with Crippen molar-refractivity contribution in [1.29, 1.82) is 0 Å². The highest BCUT2D eigenvalue weighted by Crippen LogP contribution is 2.14. The molecule has 1 heterocycles. The first-order valence-electron chi connectivity index (χ1n) is 6.98. The van der Waals surface area contributed by atoms with Crippen molar-refractivity contribution in [2.75, 3.05) is 5.32 Å². The Hall–Kier alpha value is -2.93. The number of carboxylic acid groups (broad SMARTS) is 1. The first-order chi connectivity index (χ1) is 11.0. The van der Waals surface area contributed by atoms with Gasteiger partial charge in [0.05, 0.1) is 6.42 Å². The van der Waals surface area contributed by atoms with Crippen molar-refractivity contribution in [1.82, 2.24) is 10.3 Å². The highest BCUT2D eigenvalue weighted by atomic mass is 16.4. The van der Waals surface area contributed by atoms with Gasteiger partial charge in [-0.3, -0.25) is 19.9 Å². The molecule has 0 saturated carbocycles. The van der Waals surface area contributed by atoms with Crippen molar-refractivity contribution in [2.24, 2.45) is 0 Å². The number of carbonyl (C=O) groups is 2. The molecule has 120 valence electrons. The van der Waals surface area contributed by atoms with E-state index in [0.717, 1.165) is 5.56 Å². The fraction of sp³-hybridized carbons (Fsp3) is 0.188. The smallest absolute Gasteiger partial charge is 0.321 e. The van der Waals surface area contributed by atoms with Crippen LogP contribution in [0, 0.1) is 0 Å². The molecule has 1 aromatic carbocycles. The first-order valence-corrected chi connectivity index (χ1v) is 6.98. The Labute approximate surface area is 133 Å². The summed E-state index contributed by atoms with van der Waals surface area (Å²) in [7, 11) is 0. The van der Waals surface area contributed by atoms with E-state index >= 15 is 0 Å². The highest BCUT2D eigenvalue weighted by Gasteiger charge is 2.20. The Morgan fingerprint density at radius 1 is 1.17 bits per heavy atom. The average Bonchev–Trinajstić information content (AvgIpc) is 2.54. The Morgan fingerprint density at radius 2 is 1.91 bits per heavy atom. The number of carboxylic acids is 1. The van der Waals surface area contributed by atoms with Gasteiger partial charge in [-0.25, -0.2) is 0 Å². The third kappa shape index (κ3) is 5.40. The minimum absolute atomic E-state index is 0.0875. The molecule has 7 heteroatoms. The molecule has 1 atom stereocenters. The number of hydrogen-bond acceptors (Lipinski definition) is 5. The quantitative estimate of drug-likeness (QED) is 0.574. The molecule has 0 aliphatic heterocycles. The lowest BCUT2D eigenvalue weighted by molar-refractivity contribution is -0.141. The molecular formula is C16H17N3O4. The SMILES string of the molecule is O=C(C[C@@H](NCc1cccnc1)C(=O)O)Nc1ccc(O)cc1. The van der Waals surface area contributed by atoms with Crippen LogP contribution in [0.25, 0.3) is 0 Å². The predicted molar refractivity (Wildman–Crippen MR) is 83.9 cm³/mol. The molecule has 1 aromatic heterocycles. The molecule has 7 nitrogen and oxygen atoms in total. The van der Waals surface area contributed by atoms with Crippen molar-refractivity contribution < 1.29 is 19.8 Å². The Bertz CT molecular complexity index is 659. The number of hydrogen-bond donors (Lipinski definition) is 4. The molecule has 2 rings (SSSR count). The fourth-order valence-electron chi connectivity index (χ4n) is 1.93. The Balaban J connectivity index is 1.89. The second kappa shape index (κ2) is 7.90. The van der Waals surface area contributed by atoms with E-state index in [1.807, 2.05) is 6.07 Å². The molecule has 2 aromatic rings. The van der Waals surface area contributed by atoms with Crippen LogP contribution >= 0.6 is 0 Å². The van der Waals surface area contributed by atoms with Gasteiger partial charge in [-0.05, 0) is 35.9 Å². The lowest BCUT2D eigenvalue weighted by Gasteiger charge is -2.14. The van der Waals surface area contributed by atoms with Gasteiger partial charge in [0.2, 0.25) is 5.91 Å². The third-order valence-corrected chi connectivity index (χ3v) is 3.11. The number of pyridine rings is 1. The summed E-state index contributed by atoms with van der Waals surface area (Å²) >= 11 is 0. The van der Waals surface area contributed by atoms with Crippen LogP contribution in [0.1, 0.15) is 12.0 Å². The van der Waals surface area contributed by atoms with Crippen LogP contribution in [0.3, 0.4) is 0 Å². The summed E-state index contributed by atoms with van der Waals surface area (Å²) in [4.78, 5) is 27.1. The molecule has 1 amide bonds. The molecular weight excluding hydrogens is 298 g/mol. The maximum atomic E-state index is 11.9. The molecule has 0 bridgehead atoms. The van der Waals surface area contributed by atoms with Gasteiger partial charge in [0.1, 0.15) is 11.8 Å². The standard InChI is InChI=1S/C16H17N3O4/c20-13-5-3-12(4-6-13)19-15(21)8-14(16(22)23)18-10-11-2-1-7-17-9-11/h1-7,9,14,18,20H,8,10H2,(H,19,21)(H,22,23)/t14-/m1/s1. The number of aromatic hydroxyl groups is 1. The van der Waals surface area contributed by atoms with Gasteiger partial charge in [-0.1, -0.05) is 6.07 Å². The van der Waals surface area contributed by atoms with Gasteiger partial charge in [-0.2, -0.15) is 0 Å². The molecule has 0 saturated heterocycles. The molecule has 23 heavy (non-hydrogen) atoms. The second-order valence-electron chi connectivity index (χ2n) is 4.93. The van der Waals surface area contributed by atoms with Crippen LogP contribution in [0.5, 0.6) is 5.75 Å². The van der Waals surface area contributed by atoms with Crippen LogP contribution in [-0.2, 0) is 16.1 Å². The average molecular weight is 315 g/mol. The largest absolute Gasteiger partial charge is 0.508 e. The highest BCUT2D eigenvalue weighted by molar-refractivity contribution is 5.94. The molecule has 0 fully saturated rings. The number of benzene rings is 1. The minimum Gasteiger partial charge on any atom is -0.508 e. The van der Waals surface area contributed by atoms with E-state index < -0.39 is 17.9 Å². The zero-order valence-electron chi connectivity index (χ0n) is 12.3. The Morgan fingerprint density at radius 3 is 2.52 bits per heavy atom. The fourth-order valence-corrected chi connectivity index (χ4v) is 1.93. The van der Waals surface area contributed by atoms with Gasteiger partial charge in [-0.15, -0.1) is 0 Å². The van der Waals surface area contributed by atoms with Gasteiger partial charge < -0.3 is 15.5 Å². The van der Waals surface area contributed by atoms with E-state index in [1.165, 1.54) is 24.3 Å². The topological polar surface area (TPSA) is 112 Å². The summed E-state index contributed by atoms with van der Waals surface area (Å²) in [6.45, 7) is 0.303. The lowest BCUT2D eigenvalue weighted by Crippen LogP contribution is -2.39. The van der Waals surface area contributed by atoms with E-state index in [-0.39, 0.29) is 12.2 Å². The molecule has 0 aliphatic carbocycles. The zero-order chi connectivity index (χ0) is 16.7. The summed E-state index contributed by atoms with van der Waals surface area (Å²) in [5, 5.41) is 23.8. The van der Waals surface area contributed by atoms with E-state index in [1.54, 1.807) is 18.5 Å². The van der Waals surface area contributed by atoms with Crippen molar-refractivity contribution >= 4 is 17.6 Å². The molecule has 0 spiro atoms. The van der Waals surface area contributed by atoms with E-state index in [4.69, 9.17) is 0 Å². The van der Waals surface area contributed by atoms with Crippen molar-refractivity contribution in [2.45, 2.75) is 19.0 Å². The maximum Gasteiger partial charge on any atom is 0.321 e. The van der Waals surface area contributed by atoms with Crippen molar-refractivity contribution in [3.05, 3.63) is 54.4 Å². The van der Waals surface area contributed by atoms with Crippen LogP contribution < -0.4 is 10.6 Å². The molecule has 0 aliphatic rings. The lowest BCUT2D eigenvalue weighted by atomic mass is 10.1. The summed E-state index contributed by atoms with van der Waals surface area (Å²) in [6, 6.07) is 8.50. The van der Waals surface area contributed by atoms with Gasteiger partial charge >= 0.3 is 5.97 Å². The maximum absolute atomic E-state index is 11.9. The number of phenolic OH excluding ortho intramolecular Hbond substituents is 1. The summed E-state index contributed by atoms with van der Waals surface area (Å²) in [6.07, 6.45) is 3.04. The van der Waals surface area contributed by atoms with E-state index in [2.05, 4.69) is 15.6 Å². The second-order valence-corrected chi connectivity index (χ2v) is 4.93. The van der Waals surface area contributed by atoms with E-state index in [9.17, 15) is 19.8 Å². The van der Waals surface area contributed by atoms with Gasteiger partial charge in [0, 0.05) is 24.6 Å². The molecule has 0 radical (unpaired) electrons. The van der Waals surface area contributed by atoms with Crippen molar-refractivity contribution in [3.8, 4) is 5.75 Å². The molecule has 0 unspecified atom stereocenters. The molecule has 4 N–H and O–H groups in total. The number of nitrogens with one attached hydrogen (secondary N) is 2. The minimum atomic E-state index is -1.10. The van der Waals surface area contributed by atoms with E-state index in [0.29, 0.717) is 12.2 Å².